The topological polar surface area (TPSA) is 15.3 Å². The van der Waals surface area contributed by atoms with Crippen LogP contribution in [0.2, 0.25) is 0 Å². The molecular formula is C14H21IN2. The Morgan fingerprint density at radius 3 is 2.65 bits per heavy atom. The maximum atomic E-state index is 3.59. The van der Waals surface area contributed by atoms with Gasteiger partial charge in [-0.15, -0.1) is 0 Å². The highest BCUT2D eigenvalue weighted by atomic mass is 127. The summed E-state index contributed by atoms with van der Waals surface area (Å²) in [6, 6.07) is 9.55. The van der Waals surface area contributed by atoms with Gasteiger partial charge in [0.05, 0.1) is 0 Å². The Labute approximate surface area is 118 Å². The van der Waals surface area contributed by atoms with E-state index in [2.05, 4.69) is 70.9 Å². The van der Waals surface area contributed by atoms with Gasteiger partial charge in [0.15, 0.2) is 0 Å². The van der Waals surface area contributed by atoms with Crippen LogP contribution in [0.5, 0.6) is 0 Å². The molecule has 17 heavy (non-hydrogen) atoms. The van der Waals surface area contributed by atoms with Crippen LogP contribution in [-0.4, -0.2) is 25.7 Å². The quantitative estimate of drug-likeness (QED) is 0.848. The lowest BCUT2D eigenvalue weighted by molar-refractivity contribution is 0.327. The van der Waals surface area contributed by atoms with Crippen molar-refractivity contribution in [2.45, 2.75) is 26.3 Å². The molecule has 1 aromatic carbocycles. The molecule has 0 amide bonds. The zero-order valence-corrected chi connectivity index (χ0v) is 12.8. The zero-order chi connectivity index (χ0) is 12.3. The Hall–Kier alpha value is -0.290. The predicted molar refractivity (Wildman–Crippen MR) is 82.6 cm³/mol. The summed E-state index contributed by atoms with van der Waals surface area (Å²) in [5.41, 5.74) is 1.37. The van der Waals surface area contributed by atoms with Crippen molar-refractivity contribution in [2.24, 2.45) is 5.92 Å². The third-order valence-corrected chi connectivity index (χ3v) is 4.28. The molecule has 2 rings (SSSR count). The average molecular weight is 344 g/mol. The van der Waals surface area contributed by atoms with Gasteiger partial charge in [0.1, 0.15) is 0 Å². The Kier molecular flexibility index (Phi) is 4.68. The fraction of sp³-hybridized carbons (Fsp3) is 0.571. The zero-order valence-electron chi connectivity index (χ0n) is 10.6. The molecule has 3 heteroatoms. The SMILES string of the molecule is CCNC1CCN(c2ccc(I)cc2)CC1C. The van der Waals surface area contributed by atoms with Crippen LogP contribution in [-0.2, 0) is 0 Å². The van der Waals surface area contributed by atoms with Gasteiger partial charge in [-0.25, -0.2) is 0 Å². The van der Waals surface area contributed by atoms with Crippen LogP contribution in [0, 0.1) is 9.49 Å². The van der Waals surface area contributed by atoms with Crippen molar-refractivity contribution in [3.05, 3.63) is 27.8 Å². The lowest BCUT2D eigenvalue weighted by Crippen LogP contribution is -2.48. The van der Waals surface area contributed by atoms with Gasteiger partial charge >= 0.3 is 0 Å². The molecule has 0 aliphatic carbocycles. The van der Waals surface area contributed by atoms with Crippen LogP contribution in [0.15, 0.2) is 24.3 Å². The van der Waals surface area contributed by atoms with E-state index in [1.807, 2.05) is 0 Å². The second kappa shape index (κ2) is 6.05. The first-order chi connectivity index (χ1) is 8.20. The summed E-state index contributed by atoms with van der Waals surface area (Å²) in [6.07, 6.45) is 1.25. The molecule has 1 aliphatic heterocycles. The molecular weight excluding hydrogens is 323 g/mol. The van der Waals surface area contributed by atoms with Gasteiger partial charge in [-0.3, -0.25) is 0 Å². The number of nitrogens with zero attached hydrogens (tertiary/aromatic N) is 1. The third kappa shape index (κ3) is 3.35. The van der Waals surface area contributed by atoms with Crippen molar-refractivity contribution in [2.75, 3.05) is 24.5 Å². The van der Waals surface area contributed by atoms with E-state index in [0.29, 0.717) is 6.04 Å². The second-order valence-electron chi connectivity index (χ2n) is 4.85. The van der Waals surface area contributed by atoms with E-state index < -0.39 is 0 Å². The minimum atomic E-state index is 0.695. The van der Waals surface area contributed by atoms with Crippen LogP contribution >= 0.6 is 22.6 Å². The molecule has 0 saturated carbocycles. The Balaban J connectivity index is 1.99. The molecule has 2 atom stereocenters. The molecule has 2 unspecified atom stereocenters. The second-order valence-corrected chi connectivity index (χ2v) is 6.10. The summed E-state index contributed by atoms with van der Waals surface area (Å²) in [5.74, 6) is 0.725. The lowest BCUT2D eigenvalue weighted by atomic mass is 9.93. The maximum absolute atomic E-state index is 3.59. The summed E-state index contributed by atoms with van der Waals surface area (Å²) in [4.78, 5) is 2.51. The molecule has 1 aliphatic rings. The van der Waals surface area contributed by atoms with Gasteiger partial charge in [0.2, 0.25) is 0 Å². The summed E-state index contributed by atoms with van der Waals surface area (Å²) < 4.78 is 1.31. The number of piperidine rings is 1. The lowest BCUT2D eigenvalue weighted by Gasteiger charge is -2.38. The molecule has 0 bridgehead atoms. The van der Waals surface area contributed by atoms with Crippen molar-refractivity contribution in [3.8, 4) is 0 Å². The first-order valence-electron chi connectivity index (χ1n) is 6.44. The molecule has 0 spiro atoms. The molecule has 94 valence electrons. The van der Waals surface area contributed by atoms with E-state index >= 15 is 0 Å². The highest BCUT2D eigenvalue weighted by molar-refractivity contribution is 14.1. The van der Waals surface area contributed by atoms with E-state index in [-0.39, 0.29) is 0 Å². The highest BCUT2D eigenvalue weighted by Gasteiger charge is 2.25. The van der Waals surface area contributed by atoms with Crippen LogP contribution in [0.3, 0.4) is 0 Å². The maximum Gasteiger partial charge on any atom is 0.0367 e. The number of hydrogen-bond acceptors (Lipinski definition) is 2. The van der Waals surface area contributed by atoms with Crippen molar-refractivity contribution in [3.63, 3.8) is 0 Å². The van der Waals surface area contributed by atoms with Gasteiger partial charge in [-0.1, -0.05) is 13.8 Å². The highest BCUT2D eigenvalue weighted by Crippen LogP contribution is 2.23. The number of hydrogen-bond donors (Lipinski definition) is 1. The minimum Gasteiger partial charge on any atom is -0.371 e. The van der Waals surface area contributed by atoms with Crippen molar-refractivity contribution in [1.82, 2.24) is 5.32 Å². The fourth-order valence-corrected chi connectivity index (χ4v) is 2.96. The van der Waals surface area contributed by atoms with E-state index in [1.165, 1.54) is 22.2 Å². The minimum absolute atomic E-state index is 0.695. The van der Waals surface area contributed by atoms with Gasteiger partial charge in [0.25, 0.3) is 0 Å². The molecule has 0 radical (unpaired) electrons. The van der Waals surface area contributed by atoms with Gasteiger partial charge in [-0.2, -0.15) is 0 Å². The van der Waals surface area contributed by atoms with Gasteiger partial charge in [0, 0.05) is 28.4 Å². The van der Waals surface area contributed by atoms with Crippen LogP contribution < -0.4 is 10.2 Å². The molecule has 0 aromatic heterocycles. The largest absolute Gasteiger partial charge is 0.371 e. The number of rotatable bonds is 3. The van der Waals surface area contributed by atoms with Crippen LogP contribution in [0.4, 0.5) is 5.69 Å². The molecule has 2 nitrogen and oxygen atoms in total. The van der Waals surface area contributed by atoms with E-state index in [1.54, 1.807) is 0 Å². The smallest absolute Gasteiger partial charge is 0.0367 e. The first-order valence-corrected chi connectivity index (χ1v) is 7.52. The normalized spacial score (nSPS) is 25.0. The molecule has 1 aromatic rings. The Morgan fingerprint density at radius 2 is 2.06 bits per heavy atom. The van der Waals surface area contributed by atoms with Crippen LogP contribution in [0.1, 0.15) is 20.3 Å². The monoisotopic (exact) mass is 344 g/mol. The number of halogens is 1. The average Bonchev–Trinajstić information content (AvgIpc) is 2.33. The summed E-state index contributed by atoms with van der Waals surface area (Å²) >= 11 is 2.36. The molecule has 1 saturated heterocycles. The fourth-order valence-electron chi connectivity index (χ4n) is 2.60. The summed E-state index contributed by atoms with van der Waals surface area (Å²) in [6.45, 7) is 7.96. The molecule has 1 heterocycles. The number of nitrogens with one attached hydrogen (secondary N) is 1. The first kappa shape index (κ1) is 13.1. The van der Waals surface area contributed by atoms with E-state index in [9.17, 15) is 0 Å². The van der Waals surface area contributed by atoms with E-state index in [0.717, 1.165) is 19.0 Å². The Bertz CT molecular complexity index is 350. The van der Waals surface area contributed by atoms with Gasteiger partial charge in [-0.05, 0) is 65.7 Å². The third-order valence-electron chi connectivity index (χ3n) is 3.56. The van der Waals surface area contributed by atoms with Crippen molar-refractivity contribution in [1.29, 1.82) is 0 Å². The molecule has 1 N–H and O–H groups in total. The van der Waals surface area contributed by atoms with E-state index in [4.69, 9.17) is 0 Å². The van der Waals surface area contributed by atoms with Crippen molar-refractivity contribution < 1.29 is 0 Å². The standard InChI is InChI=1S/C14H21IN2/c1-3-16-14-8-9-17(10-11(14)2)13-6-4-12(15)5-7-13/h4-7,11,14,16H,3,8-10H2,1-2H3. The molecule has 1 fully saturated rings. The van der Waals surface area contributed by atoms with Crippen LogP contribution in [0.25, 0.3) is 0 Å². The number of anilines is 1. The summed E-state index contributed by atoms with van der Waals surface area (Å²) in [5, 5.41) is 3.59. The number of benzene rings is 1. The summed E-state index contributed by atoms with van der Waals surface area (Å²) in [7, 11) is 0. The van der Waals surface area contributed by atoms with Gasteiger partial charge < -0.3 is 10.2 Å². The van der Waals surface area contributed by atoms with Crippen molar-refractivity contribution >= 4 is 28.3 Å². The predicted octanol–water partition coefficient (Wildman–Crippen LogP) is 3.12. The Morgan fingerprint density at radius 1 is 1.35 bits per heavy atom.